The number of amides is 1. The van der Waals surface area contributed by atoms with Gasteiger partial charge < -0.3 is 15.0 Å². The van der Waals surface area contributed by atoms with Crippen molar-refractivity contribution in [1.29, 1.82) is 0 Å². The van der Waals surface area contributed by atoms with Crippen LogP contribution in [0.25, 0.3) is 10.9 Å². The first-order valence-corrected chi connectivity index (χ1v) is 11.4. The van der Waals surface area contributed by atoms with Crippen LogP contribution in [0.1, 0.15) is 56.1 Å². The van der Waals surface area contributed by atoms with Gasteiger partial charge in [0.05, 0.1) is 27.7 Å². The Hall–Kier alpha value is -3.78. The molecule has 0 aliphatic rings. The maximum atomic E-state index is 13.4. The minimum absolute atomic E-state index is 0.000699. The zero-order valence-corrected chi connectivity index (χ0v) is 20.1. The summed E-state index contributed by atoms with van der Waals surface area (Å²) in [6.45, 7) is 3.42. The number of alkyl halides is 3. The van der Waals surface area contributed by atoms with Crippen LogP contribution in [0.2, 0.25) is 5.02 Å². The van der Waals surface area contributed by atoms with Crippen molar-refractivity contribution in [3.63, 3.8) is 0 Å². The van der Waals surface area contributed by atoms with E-state index >= 15 is 0 Å². The minimum Gasteiger partial charge on any atom is -0.478 e. The van der Waals surface area contributed by atoms with Crippen LogP contribution in [0.5, 0.6) is 0 Å². The average Bonchev–Trinajstić information content (AvgIpc) is 3.10. The molecule has 1 atom stereocenters. The molecule has 9 heteroatoms. The normalized spacial score (nSPS) is 12.5. The Morgan fingerprint density at radius 3 is 2.44 bits per heavy atom. The summed E-state index contributed by atoms with van der Waals surface area (Å²) in [6, 6.07) is 16.3. The molecule has 0 aliphatic heterocycles. The number of carboxylic acid groups (broad SMARTS) is 1. The third kappa shape index (κ3) is 4.95. The summed E-state index contributed by atoms with van der Waals surface area (Å²) < 4.78 is 41.4. The lowest BCUT2D eigenvalue weighted by atomic mass is 10.0. The first-order valence-electron chi connectivity index (χ1n) is 11.0. The highest BCUT2D eigenvalue weighted by Crippen LogP contribution is 2.33. The summed E-state index contributed by atoms with van der Waals surface area (Å²) in [4.78, 5) is 24.7. The monoisotopic (exact) mass is 514 g/mol. The minimum atomic E-state index is -4.49. The van der Waals surface area contributed by atoms with E-state index in [0.29, 0.717) is 27.6 Å². The second kappa shape index (κ2) is 9.70. The summed E-state index contributed by atoms with van der Waals surface area (Å²) >= 11 is 6.61. The molecule has 2 N–H and O–H groups in total. The van der Waals surface area contributed by atoms with Crippen LogP contribution in [0.15, 0.2) is 66.7 Å². The Kier molecular flexibility index (Phi) is 6.82. The molecule has 1 aromatic heterocycles. The van der Waals surface area contributed by atoms with Crippen molar-refractivity contribution in [3.8, 4) is 0 Å². The zero-order chi connectivity index (χ0) is 26.2. The number of aryl methyl sites for hydroxylation is 1. The third-order valence-electron chi connectivity index (χ3n) is 6.05. The van der Waals surface area contributed by atoms with Crippen LogP contribution in [0.4, 0.5) is 13.2 Å². The fourth-order valence-corrected chi connectivity index (χ4v) is 4.57. The molecule has 0 spiro atoms. The predicted octanol–water partition coefficient (Wildman–Crippen LogP) is 6.86. The highest BCUT2D eigenvalue weighted by molar-refractivity contribution is 6.38. The maximum Gasteiger partial charge on any atom is 0.416 e. The van der Waals surface area contributed by atoms with Crippen molar-refractivity contribution in [2.24, 2.45) is 0 Å². The lowest BCUT2D eigenvalue weighted by molar-refractivity contribution is -0.137. The SMILES string of the molecule is Cc1cc(C(C)NC(=O)c2c(Cl)c3ccccc3n2Cc2cccc(C(F)(F)F)c2)ccc1C(=O)O. The van der Waals surface area contributed by atoms with E-state index in [0.717, 1.165) is 12.1 Å². The number of carboxylic acids is 1. The van der Waals surface area contributed by atoms with E-state index in [9.17, 15) is 27.9 Å². The van der Waals surface area contributed by atoms with Gasteiger partial charge in [-0.2, -0.15) is 13.2 Å². The Morgan fingerprint density at radius 2 is 1.78 bits per heavy atom. The molecule has 5 nitrogen and oxygen atoms in total. The number of benzene rings is 3. The van der Waals surface area contributed by atoms with Crippen LogP contribution in [-0.4, -0.2) is 21.6 Å². The number of aromatic carboxylic acids is 1. The van der Waals surface area contributed by atoms with Crippen molar-refractivity contribution >= 4 is 34.4 Å². The number of rotatable bonds is 6. The first-order chi connectivity index (χ1) is 17.0. The highest BCUT2D eigenvalue weighted by Gasteiger charge is 2.30. The largest absolute Gasteiger partial charge is 0.478 e. The van der Waals surface area contributed by atoms with Crippen LogP contribution in [0.3, 0.4) is 0 Å². The van der Waals surface area contributed by atoms with Crippen molar-refractivity contribution in [2.45, 2.75) is 32.6 Å². The average molecular weight is 515 g/mol. The fourth-order valence-electron chi connectivity index (χ4n) is 4.22. The number of carbonyl (C=O) groups excluding carboxylic acids is 1. The molecule has 36 heavy (non-hydrogen) atoms. The molecular weight excluding hydrogens is 493 g/mol. The molecule has 0 radical (unpaired) electrons. The number of fused-ring (bicyclic) bond motifs is 1. The Morgan fingerprint density at radius 1 is 1.06 bits per heavy atom. The molecule has 0 bridgehead atoms. The van der Waals surface area contributed by atoms with Gasteiger partial charge in [0.15, 0.2) is 0 Å². The Balaban J connectivity index is 1.71. The molecule has 1 heterocycles. The summed E-state index contributed by atoms with van der Waals surface area (Å²) in [6.07, 6.45) is -4.49. The van der Waals surface area contributed by atoms with Crippen molar-refractivity contribution in [2.75, 3.05) is 0 Å². The van der Waals surface area contributed by atoms with Gasteiger partial charge in [-0.3, -0.25) is 4.79 Å². The molecule has 0 aliphatic carbocycles. The quantitative estimate of drug-likeness (QED) is 0.295. The summed E-state index contributed by atoms with van der Waals surface area (Å²) in [7, 11) is 0. The van der Waals surface area contributed by atoms with Crippen LogP contribution >= 0.6 is 11.6 Å². The van der Waals surface area contributed by atoms with Crippen molar-refractivity contribution < 1.29 is 27.9 Å². The van der Waals surface area contributed by atoms with Gasteiger partial charge in [0.1, 0.15) is 5.69 Å². The lowest BCUT2D eigenvalue weighted by Crippen LogP contribution is -2.29. The van der Waals surface area contributed by atoms with E-state index in [2.05, 4.69) is 5.32 Å². The van der Waals surface area contributed by atoms with Crippen LogP contribution < -0.4 is 5.32 Å². The van der Waals surface area contributed by atoms with E-state index in [1.54, 1.807) is 60.9 Å². The molecule has 1 unspecified atom stereocenters. The van der Waals surface area contributed by atoms with Gasteiger partial charge in [0, 0.05) is 11.9 Å². The van der Waals surface area contributed by atoms with E-state index < -0.39 is 29.7 Å². The second-order valence-electron chi connectivity index (χ2n) is 8.54. The van der Waals surface area contributed by atoms with E-state index in [1.165, 1.54) is 12.1 Å². The van der Waals surface area contributed by atoms with Crippen molar-refractivity contribution in [3.05, 3.63) is 105 Å². The molecule has 0 fully saturated rings. The van der Waals surface area contributed by atoms with Crippen molar-refractivity contribution in [1.82, 2.24) is 9.88 Å². The van der Waals surface area contributed by atoms with Gasteiger partial charge >= 0.3 is 12.1 Å². The van der Waals surface area contributed by atoms with Gasteiger partial charge in [-0.15, -0.1) is 0 Å². The summed E-state index contributed by atoms with van der Waals surface area (Å²) in [5, 5.41) is 12.9. The van der Waals surface area contributed by atoms with E-state index in [4.69, 9.17) is 11.6 Å². The number of hydrogen-bond donors (Lipinski definition) is 2. The summed E-state index contributed by atoms with van der Waals surface area (Å²) in [5.41, 5.74) is 1.74. The molecule has 186 valence electrons. The molecule has 0 saturated carbocycles. The van der Waals surface area contributed by atoms with Crippen LogP contribution in [0, 0.1) is 6.92 Å². The predicted molar refractivity (Wildman–Crippen MR) is 132 cm³/mol. The number of hydrogen-bond acceptors (Lipinski definition) is 2. The maximum absolute atomic E-state index is 13.4. The Labute approximate surface area is 210 Å². The van der Waals surface area contributed by atoms with Crippen LogP contribution in [-0.2, 0) is 12.7 Å². The highest BCUT2D eigenvalue weighted by atomic mass is 35.5. The number of halogens is 4. The molecule has 4 rings (SSSR count). The Bertz CT molecular complexity index is 1480. The number of nitrogens with one attached hydrogen (secondary N) is 1. The van der Waals surface area contributed by atoms with Gasteiger partial charge in [-0.25, -0.2) is 4.79 Å². The molecule has 0 saturated heterocycles. The topological polar surface area (TPSA) is 71.3 Å². The van der Waals surface area contributed by atoms with Gasteiger partial charge in [0.2, 0.25) is 0 Å². The second-order valence-corrected chi connectivity index (χ2v) is 8.92. The molecular formula is C27H22ClF3N2O3. The molecule has 1 amide bonds. The molecule has 3 aromatic carbocycles. The lowest BCUT2D eigenvalue weighted by Gasteiger charge is -2.18. The summed E-state index contributed by atoms with van der Waals surface area (Å²) in [5.74, 6) is -1.54. The van der Waals surface area contributed by atoms with Gasteiger partial charge in [0.25, 0.3) is 5.91 Å². The zero-order valence-electron chi connectivity index (χ0n) is 19.4. The van der Waals surface area contributed by atoms with Gasteiger partial charge in [-0.05, 0) is 54.8 Å². The number of nitrogens with zero attached hydrogens (tertiary/aromatic N) is 1. The van der Waals surface area contributed by atoms with Gasteiger partial charge in [-0.1, -0.05) is 54.1 Å². The standard InChI is InChI=1S/C27H22ClF3N2O3/c1-15-12-18(10-11-20(15)26(35)36)16(2)32-25(34)24-23(28)21-8-3-4-9-22(21)33(24)14-17-6-5-7-19(13-17)27(29,30)31/h3-13,16H,14H2,1-2H3,(H,32,34)(H,35,36). The number of carbonyl (C=O) groups is 2. The van der Waals surface area contributed by atoms with E-state index in [1.807, 2.05) is 0 Å². The third-order valence-corrected chi connectivity index (χ3v) is 6.43. The smallest absolute Gasteiger partial charge is 0.416 e. The number of para-hydroxylation sites is 1. The van der Waals surface area contributed by atoms with E-state index in [-0.39, 0.29) is 22.8 Å². The molecule has 4 aromatic rings. The fraction of sp³-hybridized carbons (Fsp3) is 0.185. The number of aromatic nitrogens is 1. The first kappa shape index (κ1) is 25.3.